The quantitative estimate of drug-likeness (QED) is 0.638. The van der Waals surface area contributed by atoms with Crippen LogP contribution in [-0.2, 0) is 14.3 Å². The molecule has 0 aromatic carbocycles. The summed E-state index contributed by atoms with van der Waals surface area (Å²) in [5, 5.41) is 9.08. The molecule has 1 N–H and O–H groups in total. The molecule has 1 aliphatic heterocycles. The molecule has 0 aromatic heterocycles. The highest BCUT2D eigenvalue weighted by Crippen LogP contribution is 2.08. The predicted octanol–water partition coefficient (Wildman–Crippen LogP) is -0.367. The Morgan fingerprint density at radius 2 is 2.47 bits per heavy atom. The third-order valence-electron chi connectivity index (χ3n) is 2.42. The van der Waals surface area contributed by atoms with Crippen molar-refractivity contribution in [1.82, 2.24) is 4.90 Å². The fourth-order valence-corrected chi connectivity index (χ4v) is 1.58. The number of rotatable bonds is 5. The van der Waals surface area contributed by atoms with E-state index in [9.17, 15) is 4.79 Å². The van der Waals surface area contributed by atoms with Crippen LogP contribution in [0.2, 0.25) is 0 Å². The lowest BCUT2D eigenvalue weighted by Crippen LogP contribution is -2.50. The molecule has 1 rings (SSSR count). The van der Waals surface area contributed by atoms with Crippen LogP contribution in [0.4, 0.5) is 0 Å². The largest absolute Gasteiger partial charge is 0.394 e. The second kappa shape index (κ2) is 6.76. The molecule has 1 unspecified atom stereocenters. The summed E-state index contributed by atoms with van der Waals surface area (Å²) in [6.07, 6.45) is 0.379. The second-order valence-corrected chi connectivity index (χ2v) is 3.45. The lowest BCUT2D eigenvalue weighted by atomic mass is 10.2. The maximum atomic E-state index is 11.7. The third kappa shape index (κ3) is 3.77. The Kier molecular flexibility index (Phi) is 5.60. The monoisotopic (exact) mass is 217 g/mol. The summed E-state index contributed by atoms with van der Waals surface area (Å²) in [5.41, 5.74) is 0. The summed E-state index contributed by atoms with van der Waals surface area (Å²) in [6.45, 7) is 4.48. The molecule has 0 aliphatic carbocycles. The average molecular weight is 217 g/mol. The van der Waals surface area contributed by atoms with Crippen molar-refractivity contribution >= 4 is 5.91 Å². The zero-order valence-corrected chi connectivity index (χ0v) is 9.15. The Morgan fingerprint density at radius 3 is 3.13 bits per heavy atom. The maximum absolute atomic E-state index is 11.7. The number of aliphatic hydroxyl groups excluding tert-OH is 1. The van der Waals surface area contributed by atoms with Gasteiger partial charge in [0.15, 0.2) is 0 Å². The fourth-order valence-electron chi connectivity index (χ4n) is 1.58. The van der Waals surface area contributed by atoms with E-state index in [0.717, 1.165) is 0 Å². The van der Waals surface area contributed by atoms with Gasteiger partial charge in [-0.15, -0.1) is 0 Å². The highest BCUT2D eigenvalue weighted by Gasteiger charge is 2.25. The first kappa shape index (κ1) is 12.4. The molecule has 1 aliphatic rings. The highest BCUT2D eigenvalue weighted by atomic mass is 16.5. The van der Waals surface area contributed by atoms with Crippen molar-refractivity contribution in [2.45, 2.75) is 19.4 Å². The van der Waals surface area contributed by atoms with Crippen LogP contribution in [0, 0.1) is 0 Å². The molecule has 1 heterocycles. The molecule has 15 heavy (non-hydrogen) atoms. The van der Waals surface area contributed by atoms with Crippen molar-refractivity contribution in [1.29, 1.82) is 0 Å². The normalized spacial score (nSPS) is 21.7. The molecule has 0 radical (unpaired) electrons. The van der Waals surface area contributed by atoms with E-state index >= 15 is 0 Å². The minimum Gasteiger partial charge on any atom is -0.394 e. The number of aliphatic hydroxyl groups is 1. The van der Waals surface area contributed by atoms with E-state index in [2.05, 4.69) is 0 Å². The number of nitrogens with zero attached hydrogens (tertiary/aromatic N) is 1. The minimum atomic E-state index is -0.187. The topological polar surface area (TPSA) is 59.0 Å². The molecule has 5 nitrogen and oxygen atoms in total. The minimum absolute atomic E-state index is 0.0331. The molecule has 0 aromatic rings. The molecule has 1 atom stereocenters. The standard InChI is InChI=1S/C10H19NO4/c1-2-14-5-3-10(13)11-4-6-15-8-9(11)7-12/h9,12H,2-8H2,1H3. The number of hydrogen-bond donors (Lipinski definition) is 1. The van der Waals surface area contributed by atoms with Crippen molar-refractivity contribution in [3.8, 4) is 0 Å². The zero-order valence-electron chi connectivity index (χ0n) is 9.15. The van der Waals surface area contributed by atoms with Crippen molar-refractivity contribution in [3.05, 3.63) is 0 Å². The summed E-state index contributed by atoms with van der Waals surface area (Å²) >= 11 is 0. The molecule has 0 saturated carbocycles. The van der Waals surface area contributed by atoms with Gasteiger partial charge in [-0.1, -0.05) is 0 Å². The van der Waals surface area contributed by atoms with Gasteiger partial charge in [-0.2, -0.15) is 0 Å². The van der Waals surface area contributed by atoms with Gasteiger partial charge in [-0.25, -0.2) is 0 Å². The third-order valence-corrected chi connectivity index (χ3v) is 2.42. The molecule has 1 fully saturated rings. The van der Waals surface area contributed by atoms with Gasteiger partial charge in [0.25, 0.3) is 0 Å². The van der Waals surface area contributed by atoms with Crippen LogP contribution in [-0.4, -0.2) is 61.5 Å². The van der Waals surface area contributed by atoms with E-state index < -0.39 is 0 Å². The van der Waals surface area contributed by atoms with Gasteiger partial charge in [-0.3, -0.25) is 4.79 Å². The molecule has 0 bridgehead atoms. The summed E-state index contributed by atoms with van der Waals surface area (Å²) in [6, 6.07) is -0.187. The van der Waals surface area contributed by atoms with Crippen LogP contribution in [0.25, 0.3) is 0 Å². The molecule has 1 amide bonds. The van der Waals surface area contributed by atoms with Gasteiger partial charge in [0.2, 0.25) is 5.91 Å². The molecular weight excluding hydrogens is 198 g/mol. The second-order valence-electron chi connectivity index (χ2n) is 3.45. The van der Waals surface area contributed by atoms with Crippen LogP contribution in [0.15, 0.2) is 0 Å². The molecular formula is C10H19NO4. The fraction of sp³-hybridized carbons (Fsp3) is 0.900. The first-order chi connectivity index (χ1) is 7.29. The van der Waals surface area contributed by atoms with E-state index in [1.807, 2.05) is 6.92 Å². The van der Waals surface area contributed by atoms with Gasteiger partial charge in [0, 0.05) is 13.2 Å². The maximum Gasteiger partial charge on any atom is 0.225 e. The van der Waals surface area contributed by atoms with Crippen LogP contribution in [0.5, 0.6) is 0 Å². The Hall–Kier alpha value is -0.650. The number of amides is 1. The summed E-state index contributed by atoms with van der Waals surface area (Å²) in [4.78, 5) is 13.4. The van der Waals surface area contributed by atoms with Crippen LogP contribution < -0.4 is 0 Å². The average Bonchev–Trinajstić information content (AvgIpc) is 2.29. The lowest BCUT2D eigenvalue weighted by Gasteiger charge is -2.34. The molecule has 88 valence electrons. The van der Waals surface area contributed by atoms with Gasteiger partial charge in [0.05, 0.1) is 38.9 Å². The Morgan fingerprint density at radius 1 is 1.67 bits per heavy atom. The van der Waals surface area contributed by atoms with Crippen molar-refractivity contribution in [2.75, 3.05) is 39.6 Å². The predicted molar refractivity (Wildman–Crippen MR) is 54.5 cm³/mol. The van der Waals surface area contributed by atoms with Crippen molar-refractivity contribution in [2.24, 2.45) is 0 Å². The van der Waals surface area contributed by atoms with Gasteiger partial charge in [0.1, 0.15) is 0 Å². The van der Waals surface area contributed by atoms with E-state index in [4.69, 9.17) is 14.6 Å². The number of morpholine rings is 1. The van der Waals surface area contributed by atoms with E-state index in [0.29, 0.717) is 39.4 Å². The van der Waals surface area contributed by atoms with Crippen molar-refractivity contribution in [3.63, 3.8) is 0 Å². The van der Waals surface area contributed by atoms with E-state index in [-0.39, 0.29) is 18.6 Å². The Labute approximate surface area is 90.0 Å². The number of carbonyl (C=O) groups excluding carboxylic acids is 1. The van der Waals surface area contributed by atoms with Crippen LogP contribution in [0.1, 0.15) is 13.3 Å². The summed E-state index contributed by atoms with van der Waals surface area (Å²) in [7, 11) is 0. The smallest absolute Gasteiger partial charge is 0.225 e. The Bertz CT molecular complexity index is 198. The first-order valence-corrected chi connectivity index (χ1v) is 5.35. The molecule has 1 saturated heterocycles. The molecule has 5 heteroatoms. The van der Waals surface area contributed by atoms with Gasteiger partial charge < -0.3 is 19.5 Å². The van der Waals surface area contributed by atoms with Crippen molar-refractivity contribution < 1.29 is 19.4 Å². The van der Waals surface area contributed by atoms with E-state index in [1.165, 1.54) is 0 Å². The number of hydrogen-bond acceptors (Lipinski definition) is 4. The number of carbonyl (C=O) groups is 1. The Balaban J connectivity index is 2.34. The van der Waals surface area contributed by atoms with Gasteiger partial charge in [-0.05, 0) is 6.92 Å². The number of ether oxygens (including phenoxy) is 2. The first-order valence-electron chi connectivity index (χ1n) is 5.35. The summed E-state index contributed by atoms with van der Waals surface area (Å²) < 4.78 is 10.3. The lowest BCUT2D eigenvalue weighted by molar-refractivity contribution is -0.142. The summed E-state index contributed by atoms with van der Waals surface area (Å²) in [5.74, 6) is 0.0331. The molecule has 0 spiro atoms. The SMILES string of the molecule is CCOCCC(=O)N1CCOCC1CO. The van der Waals surface area contributed by atoms with Crippen LogP contribution >= 0.6 is 0 Å². The van der Waals surface area contributed by atoms with Crippen LogP contribution in [0.3, 0.4) is 0 Å². The highest BCUT2D eigenvalue weighted by molar-refractivity contribution is 5.76. The van der Waals surface area contributed by atoms with Gasteiger partial charge >= 0.3 is 0 Å². The zero-order chi connectivity index (χ0) is 11.1. The van der Waals surface area contributed by atoms with E-state index in [1.54, 1.807) is 4.90 Å².